The lowest BCUT2D eigenvalue weighted by Gasteiger charge is -2.01. The van der Waals surface area contributed by atoms with Crippen molar-refractivity contribution in [3.8, 4) is 0 Å². The van der Waals surface area contributed by atoms with Gasteiger partial charge in [0.1, 0.15) is 20.3 Å². The SMILES string of the molecule is [B]C(=C/C=C)/C(F)=C(/F)COCC. The van der Waals surface area contributed by atoms with Crippen molar-refractivity contribution < 1.29 is 13.5 Å². The molecule has 0 saturated heterocycles. The van der Waals surface area contributed by atoms with Crippen molar-refractivity contribution in [2.45, 2.75) is 6.92 Å². The van der Waals surface area contributed by atoms with Crippen molar-refractivity contribution in [1.82, 2.24) is 0 Å². The Kier molecular flexibility index (Phi) is 6.15. The highest BCUT2D eigenvalue weighted by molar-refractivity contribution is 6.24. The van der Waals surface area contributed by atoms with Gasteiger partial charge in [-0.1, -0.05) is 24.2 Å². The van der Waals surface area contributed by atoms with Gasteiger partial charge in [0.15, 0.2) is 5.83 Å². The van der Waals surface area contributed by atoms with Gasteiger partial charge < -0.3 is 4.74 Å². The summed E-state index contributed by atoms with van der Waals surface area (Å²) in [7, 11) is 5.16. The number of halogens is 2. The minimum atomic E-state index is -1.09. The summed E-state index contributed by atoms with van der Waals surface area (Å²) in [5.74, 6) is -2.09. The summed E-state index contributed by atoms with van der Waals surface area (Å²) in [5, 5.41) is 0. The molecule has 0 aliphatic rings. The van der Waals surface area contributed by atoms with Gasteiger partial charge in [-0.15, -0.1) is 0 Å². The first-order valence-electron chi connectivity index (χ1n) is 3.83. The van der Waals surface area contributed by atoms with Crippen LogP contribution in [0.25, 0.3) is 0 Å². The van der Waals surface area contributed by atoms with E-state index in [1.165, 1.54) is 12.2 Å². The predicted molar refractivity (Wildman–Crippen MR) is 49.8 cm³/mol. The van der Waals surface area contributed by atoms with Crippen LogP contribution in [-0.4, -0.2) is 21.1 Å². The zero-order valence-electron chi connectivity index (χ0n) is 7.52. The van der Waals surface area contributed by atoms with Gasteiger partial charge in [0.25, 0.3) is 0 Å². The lowest BCUT2D eigenvalue weighted by Crippen LogP contribution is -1.97. The second-order valence-corrected chi connectivity index (χ2v) is 2.21. The Labute approximate surface area is 78.2 Å². The number of hydrogen-bond donors (Lipinski definition) is 0. The van der Waals surface area contributed by atoms with Gasteiger partial charge in [-0.25, -0.2) is 8.78 Å². The smallest absolute Gasteiger partial charge is 0.160 e. The molecule has 4 heteroatoms. The standard InChI is InChI=1S/C9H11BF2O/c1-3-5-7(10)9(12)8(11)6-13-4-2/h3,5H,1,4,6H2,2H3/b7-5+,9-8-. The fourth-order valence-electron chi connectivity index (χ4n) is 0.612. The summed E-state index contributed by atoms with van der Waals surface area (Å²) in [5.41, 5.74) is -0.285. The summed E-state index contributed by atoms with van der Waals surface area (Å²) in [6.07, 6.45) is 2.46. The van der Waals surface area contributed by atoms with E-state index in [1.807, 2.05) is 0 Å². The average molecular weight is 184 g/mol. The van der Waals surface area contributed by atoms with Crippen molar-refractivity contribution in [1.29, 1.82) is 0 Å². The van der Waals surface area contributed by atoms with Gasteiger partial charge in [-0.3, -0.25) is 0 Å². The Morgan fingerprint density at radius 2 is 2.15 bits per heavy atom. The number of ether oxygens (including phenoxy) is 1. The third kappa shape index (κ3) is 4.63. The van der Waals surface area contributed by atoms with Crippen molar-refractivity contribution in [3.63, 3.8) is 0 Å². The molecule has 0 aromatic carbocycles. The van der Waals surface area contributed by atoms with E-state index < -0.39 is 18.3 Å². The van der Waals surface area contributed by atoms with Crippen molar-refractivity contribution in [2.75, 3.05) is 13.2 Å². The third-order valence-electron chi connectivity index (χ3n) is 1.22. The second kappa shape index (κ2) is 6.60. The van der Waals surface area contributed by atoms with Gasteiger partial charge in [0.05, 0.1) is 0 Å². The van der Waals surface area contributed by atoms with E-state index in [-0.39, 0.29) is 5.47 Å². The highest BCUT2D eigenvalue weighted by Gasteiger charge is 2.06. The lowest BCUT2D eigenvalue weighted by molar-refractivity contribution is 0.153. The molecule has 0 aromatic rings. The van der Waals surface area contributed by atoms with Crippen LogP contribution in [0.3, 0.4) is 0 Å². The van der Waals surface area contributed by atoms with Gasteiger partial charge in [0, 0.05) is 6.61 Å². The molecule has 0 saturated carbocycles. The van der Waals surface area contributed by atoms with Crippen LogP contribution in [0.4, 0.5) is 8.78 Å². The zero-order chi connectivity index (χ0) is 10.3. The number of hydrogen-bond acceptors (Lipinski definition) is 1. The fraction of sp³-hybridized carbons (Fsp3) is 0.333. The van der Waals surface area contributed by atoms with Crippen LogP contribution >= 0.6 is 0 Å². The van der Waals surface area contributed by atoms with Crippen LogP contribution in [0.15, 0.2) is 35.9 Å². The monoisotopic (exact) mass is 184 g/mol. The van der Waals surface area contributed by atoms with Crippen LogP contribution in [0.2, 0.25) is 0 Å². The highest BCUT2D eigenvalue weighted by Crippen LogP contribution is 2.15. The number of allylic oxidation sites excluding steroid dienone is 4. The van der Waals surface area contributed by atoms with Crippen LogP contribution in [-0.2, 0) is 4.74 Å². The molecular formula is C9H11BF2O. The summed E-state index contributed by atoms with van der Waals surface area (Å²) in [4.78, 5) is 0. The van der Waals surface area contributed by atoms with Crippen molar-refractivity contribution >= 4 is 7.85 Å². The van der Waals surface area contributed by atoms with Gasteiger partial charge in [-0.05, 0) is 6.92 Å². The van der Waals surface area contributed by atoms with Gasteiger partial charge >= 0.3 is 0 Å². The second-order valence-electron chi connectivity index (χ2n) is 2.21. The maximum Gasteiger partial charge on any atom is 0.160 e. The highest BCUT2D eigenvalue weighted by atomic mass is 19.2. The topological polar surface area (TPSA) is 9.23 Å². The average Bonchev–Trinajstić information content (AvgIpc) is 2.13. The van der Waals surface area contributed by atoms with Crippen molar-refractivity contribution in [2.24, 2.45) is 0 Å². The van der Waals surface area contributed by atoms with E-state index >= 15 is 0 Å². The molecule has 0 N–H and O–H groups in total. The van der Waals surface area contributed by atoms with Crippen LogP contribution in [0.5, 0.6) is 0 Å². The molecule has 1 nitrogen and oxygen atoms in total. The molecule has 0 unspecified atom stereocenters. The molecular weight excluding hydrogens is 173 g/mol. The molecule has 0 bridgehead atoms. The maximum atomic E-state index is 12.9. The number of rotatable bonds is 5. The largest absolute Gasteiger partial charge is 0.375 e. The van der Waals surface area contributed by atoms with E-state index in [9.17, 15) is 8.78 Å². The summed E-state index contributed by atoms with van der Waals surface area (Å²) in [6.45, 7) is 4.92. The molecule has 0 amide bonds. The first kappa shape index (κ1) is 12.1. The molecule has 2 radical (unpaired) electrons. The minimum absolute atomic E-state index is 0.285. The van der Waals surface area contributed by atoms with Crippen LogP contribution in [0.1, 0.15) is 6.92 Å². The molecule has 0 aromatic heterocycles. The third-order valence-corrected chi connectivity index (χ3v) is 1.22. The molecule has 0 rings (SSSR count). The minimum Gasteiger partial charge on any atom is -0.375 e. The Bertz CT molecular complexity index is 234. The zero-order valence-corrected chi connectivity index (χ0v) is 7.52. The van der Waals surface area contributed by atoms with Crippen LogP contribution in [0, 0.1) is 0 Å². The molecule has 0 aliphatic carbocycles. The summed E-state index contributed by atoms with van der Waals surface area (Å²) in [6, 6.07) is 0. The molecule has 70 valence electrons. The van der Waals surface area contributed by atoms with Crippen molar-refractivity contribution in [3.05, 3.63) is 35.9 Å². The van der Waals surface area contributed by atoms with E-state index in [4.69, 9.17) is 7.85 Å². The molecule has 0 spiro atoms. The molecule has 0 heterocycles. The van der Waals surface area contributed by atoms with Gasteiger partial charge in [-0.2, -0.15) is 0 Å². The summed E-state index contributed by atoms with van der Waals surface area (Å²) >= 11 is 0. The Morgan fingerprint density at radius 1 is 1.54 bits per heavy atom. The Morgan fingerprint density at radius 3 is 2.62 bits per heavy atom. The lowest BCUT2D eigenvalue weighted by atomic mass is 9.93. The molecule has 0 fully saturated rings. The van der Waals surface area contributed by atoms with Gasteiger partial charge in [0.2, 0.25) is 0 Å². The predicted octanol–water partition coefficient (Wildman–Crippen LogP) is 2.41. The molecule has 0 aliphatic heterocycles. The van der Waals surface area contributed by atoms with E-state index in [2.05, 4.69) is 11.3 Å². The van der Waals surface area contributed by atoms with E-state index in [0.717, 1.165) is 0 Å². The van der Waals surface area contributed by atoms with E-state index in [0.29, 0.717) is 6.61 Å². The Hall–Kier alpha value is -0.895. The van der Waals surface area contributed by atoms with E-state index in [1.54, 1.807) is 6.92 Å². The van der Waals surface area contributed by atoms with Crippen LogP contribution < -0.4 is 0 Å². The normalized spacial score (nSPS) is 13.9. The maximum absolute atomic E-state index is 12.9. The fourth-order valence-corrected chi connectivity index (χ4v) is 0.612. The molecule has 0 atom stereocenters. The molecule has 13 heavy (non-hydrogen) atoms. The first-order valence-corrected chi connectivity index (χ1v) is 3.83. The quantitative estimate of drug-likeness (QED) is 0.470. The summed E-state index contributed by atoms with van der Waals surface area (Å²) < 4.78 is 30.3. The first-order chi connectivity index (χ1) is 6.13. The Balaban J connectivity index is 4.41.